The first-order valence-corrected chi connectivity index (χ1v) is 8.39. The number of hydrogen-bond donors (Lipinski definition) is 1. The summed E-state index contributed by atoms with van der Waals surface area (Å²) in [5, 5.41) is 7.23. The second kappa shape index (κ2) is 6.23. The Morgan fingerprint density at radius 3 is 3.00 bits per heavy atom. The van der Waals surface area contributed by atoms with E-state index in [1.165, 1.54) is 4.68 Å². The molecule has 1 N–H and O–H groups in total. The zero-order valence-electron chi connectivity index (χ0n) is 13.9. The van der Waals surface area contributed by atoms with Crippen LogP contribution in [0.1, 0.15) is 36.2 Å². The van der Waals surface area contributed by atoms with Crippen molar-refractivity contribution in [2.45, 2.75) is 38.8 Å². The molecule has 1 aliphatic heterocycles. The first kappa shape index (κ1) is 15.7. The average molecular weight is 341 g/mol. The Morgan fingerprint density at radius 1 is 1.28 bits per heavy atom. The van der Waals surface area contributed by atoms with Gasteiger partial charge in [0, 0.05) is 12.6 Å². The van der Waals surface area contributed by atoms with Crippen LogP contribution in [0.15, 0.2) is 29.1 Å². The highest BCUT2D eigenvalue weighted by atomic mass is 16.7. The molecule has 7 nitrogen and oxygen atoms in total. The third-order valence-electron chi connectivity index (χ3n) is 4.63. The van der Waals surface area contributed by atoms with E-state index in [4.69, 9.17) is 9.47 Å². The first-order chi connectivity index (χ1) is 12.1. The number of benzene rings is 1. The fourth-order valence-corrected chi connectivity index (χ4v) is 3.19. The first-order valence-electron chi connectivity index (χ1n) is 8.39. The van der Waals surface area contributed by atoms with Crippen LogP contribution >= 0.6 is 0 Å². The molecule has 0 spiro atoms. The van der Waals surface area contributed by atoms with Crippen LogP contribution in [0.4, 0.5) is 0 Å². The number of hydrogen-bond acceptors (Lipinski definition) is 5. The Hall–Kier alpha value is -2.83. The summed E-state index contributed by atoms with van der Waals surface area (Å²) in [5.74, 6) is 1.14. The quantitative estimate of drug-likeness (QED) is 0.907. The predicted molar refractivity (Wildman–Crippen MR) is 89.6 cm³/mol. The summed E-state index contributed by atoms with van der Waals surface area (Å²) in [4.78, 5) is 24.7. The number of rotatable bonds is 4. The van der Waals surface area contributed by atoms with Gasteiger partial charge in [0.25, 0.3) is 5.56 Å². The minimum absolute atomic E-state index is 0.217. The monoisotopic (exact) mass is 341 g/mol. The lowest BCUT2D eigenvalue weighted by atomic mass is 10.2. The third kappa shape index (κ3) is 2.97. The molecule has 1 amide bonds. The molecule has 0 saturated carbocycles. The van der Waals surface area contributed by atoms with Gasteiger partial charge in [-0.1, -0.05) is 6.07 Å². The van der Waals surface area contributed by atoms with Crippen molar-refractivity contribution >= 4 is 5.91 Å². The number of carbonyl (C=O) groups excluding carboxylic acids is 1. The van der Waals surface area contributed by atoms with Crippen LogP contribution in [0.5, 0.6) is 11.5 Å². The average Bonchev–Trinajstić information content (AvgIpc) is 3.26. The van der Waals surface area contributed by atoms with Gasteiger partial charge < -0.3 is 14.8 Å². The molecule has 0 bridgehead atoms. The van der Waals surface area contributed by atoms with Gasteiger partial charge >= 0.3 is 0 Å². The van der Waals surface area contributed by atoms with E-state index >= 15 is 0 Å². The van der Waals surface area contributed by atoms with Gasteiger partial charge in [-0.25, -0.2) is 4.68 Å². The Bertz CT molecular complexity index is 890. The number of fused-ring (bicyclic) bond motifs is 2. The van der Waals surface area contributed by atoms with Crippen LogP contribution < -0.4 is 20.3 Å². The predicted octanol–water partition coefficient (Wildman–Crippen LogP) is 1.34. The maximum absolute atomic E-state index is 12.4. The zero-order chi connectivity index (χ0) is 17.4. The molecule has 0 fully saturated rings. The summed E-state index contributed by atoms with van der Waals surface area (Å²) in [6.07, 6.45) is 2.76. The fraction of sp³-hybridized carbons (Fsp3) is 0.389. The van der Waals surface area contributed by atoms with Crippen molar-refractivity contribution in [2.24, 2.45) is 0 Å². The summed E-state index contributed by atoms with van der Waals surface area (Å²) in [5.41, 5.74) is 2.61. The van der Waals surface area contributed by atoms with Gasteiger partial charge in [-0.3, -0.25) is 9.59 Å². The van der Waals surface area contributed by atoms with Crippen LogP contribution in [0, 0.1) is 0 Å². The van der Waals surface area contributed by atoms with Gasteiger partial charge in [0.1, 0.15) is 6.04 Å². The topological polar surface area (TPSA) is 82.4 Å². The maximum Gasteiger partial charge on any atom is 0.267 e. The van der Waals surface area contributed by atoms with E-state index in [0.717, 1.165) is 36.1 Å². The van der Waals surface area contributed by atoms with Gasteiger partial charge in [0.05, 0.1) is 5.69 Å². The Kier molecular flexibility index (Phi) is 3.91. The van der Waals surface area contributed by atoms with Gasteiger partial charge in [0.15, 0.2) is 11.5 Å². The van der Waals surface area contributed by atoms with Crippen molar-refractivity contribution in [2.75, 3.05) is 6.79 Å². The lowest BCUT2D eigenvalue weighted by Crippen LogP contribution is -2.37. The second-order valence-corrected chi connectivity index (χ2v) is 6.33. The summed E-state index contributed by atoms with van der Waals surface area (Å²) >= 11 is 0. The summed E-state index contributed by atoms with van der Waals surface area (Å²) in [7, 11) is 0. The van der Waals surface area contributed by atoms with Gasteiger partial charge in [0.2, 0.25) is 12.7 Å². The Morgan fingerprint density at radius 2 is 2.12 bits per heavy atom. The van der Waals surface area contributed by atoms with Crippen molar-refractivity contribution in [1.29, 1.82) is 0 Å². The highest BCUT2D eigenvalue weighted by Crippen LogP contribution is 2.32. The molecule has 1 aromatic carbocycles. The van der Waals surface area contributed by atoms with Crippen molar-refractivity contribution in [3.8, 4) is 11.5 Å². The molecule has 2 heterocycles. The van der Waals surface area contributed by atoms with Crippen molar-refractivity contribution in [3.05, 3.63) is 51.4 Å². The maximum atomic E-state index is 12.4. The summed E-state index contributed by atoms with van der Waals surface area (Å²) in [6.45, 7) is 2.25. The molecule has 7 heteroatoms. The van der Waals surface area contributed by atoms with Gasteiger partial charge in [-0.2, -0.15) is 5.10 Å². The molecule has 2 aromatic rings. The standard InChI is InChI=1S/C18H19N3O4/c1-11(21-17(22)8-13-3-2-4-14(13)20-21)18(23)19-9-12-5-6-15-16(7-12)25-10-24-15/h5-8,11H,2-4,9-10H2,1H3,(H,19,23). The molecule has 2 aliphatic rings. The molecule has 25 heavy (non-hydrogen) atoms. The molecule has 1 aromatic heterocycles. The lowest BCUT2D eigenvalue weighted by Gasteiger charge is -2.15. The van der Waals surface area contributed by atoms with E-state index in [1.807, 2.05) is 18.2 Å². The molecular weight excluding hydrogens is 322 g/mol. The third-order valence-corrected chi connectivity index (χ3v) is 4.63. The molecule has 0 saturated heterocycles. The number of ether oxygens (including phenoxy) is 2. The van der Waals surface area contributed by atoms with E-state index < -0.39 is 6.04 Å². The number of carbonyl (C=O) groups is 1. The highest BCUT2D eigenvalue weighted by molar-refractivity contribution is 5.79. The fourth-order valence-electron chi connectivity index (χ4n) is 3.19. The largest absolute Gasteiger partial charge is 0.454 e. The SMILES string of the molecule is CC(C(=O)NCc1ccc2c(c1)OCO2)n1nc2c(cc1=O)CCC2. The molecule has 130 valence electrons. The van der Waals surface area contributed by atoms with E-state index in [0.29, 0.717) is 18.0 Å². The van der Waals surface area contributed by atoms with Crippen LogP contribution in [0.2, 0.25) is 0 Å². The number of nitrogens with zero attached hydrogens (tertiary/aromatic N) is 2. The Balaban J connectivity index is 1.45. The Labute approximate surface area is 144 Å². The smallest absolute Gasteiger partial charge is 0.267 e. The molecule has 0 radical (unpaired) electrons. The summed E-state index contributed by atoms with van der Waals surface area (Å²) < 4.78 is 11.9. The zero-order valence-corrected chi connectivity index (χ0v) is 13.9. The minimum atomic E-state index is -0.660. The molecule has 1 unspecified atom stereocenters. The van der Waals surface area contributed by atoms with Crippen molar-refractivity contribution < 1.29 is 14.3 Å². The minimum Gasteiger partial charge on any atom is -0.454 e. The van der Waals surface area contributed by atoms with E-state index in [9.17, 15) is 9.59 Å². The van der Waals surface area contributed by atoms with E-state index in [-0.39, 0.29) is 18.3 Å². The van der Waals surface area contributed by atoms with Gasteiger partial charge in [-0.05, 0) is 49.4 Å². The second-order valence-electron chi connectivity index (χ2n) is 6.33. The van der Waals surface area contributed by atoms with Crippen LogP contribution in [0.3, 0.4) is 0 Å². The van der Waals surface area contributed by atoms with Crippen LogP contribution in [-0.4, -0.2) is 22.5 Å². The number of amides is 1. The number of aryl methyl sites for hydroxylation is 2. The molecular formula is C18H19N3O4. The molecule has 4 rings (SSSR count). The van der Waals surface area contributed by atoms with Crippen LogP contribution in [-0.2, 0) is 24.2 Å². The molecule has 1 aliphatic carbocycles. The van der Waals surface area contributed by atoms with Crippen LogP contribution in [0.25, 0.3) is 0 Å². The molecule has 1 atom stereocenters. The van der Waals surface area contributed by atoms with Crippen molar-refractivity contribution in [3.63, 3.8) is 0 Å². The lowest BCUT2D eigenvalue weighted by molar-refractivity contribution is -0.124. The number of nitrogens with one attached hydrogen (secondary N) is 1. The normalized spacial score (nSPS) is 15.7. The van der Waals surface area contributed by atoms with Crippen molar-refractivity contribution in [1.82, 2.24) is 15.1 Å². The van der Waals surface area contributed by atoms with E-state index in [1.54, 1.807) is 13.0 Å². The van der Waals surface area contributed by atoms with E-state index in [2.05, 4.69) is 10.4 Å². The highest BCUT2D eigenvalue weighted by Gasteiger charge is 2.21. The number of aromatic nitrogens is 2. The van der Waals surface area contributed by atoms with Gasteiger partial charge in [-0.15, -0.1) is 0 Å². The summed E-state index contributed by atoms with van der Waals surface area (Å²) in [6, 6.07) is 6.48.